The summed E-state index contributed by atoms with van der Waals surface area (Å²) in [4.78, 5) is 11.7. The Balaban J connectivity index is 2.14. The third-order valence-corrected chi connectivity index (χ3v) is 3.71. The number of carbonyl (C=O) groups is 1. The minimum absolute atomic E-state index is 0.0135. The Labute approximate surface area is 96.0 Å². The highest BCUT2D eigenvalue weighted by Crippen LogP contribution is 2.38. The normalized spacial score (nSPS) is 34.2. The predicted octanol–water partition coefficient (Wildman–Crippen LogP) is 0.941. The maximum absolute atomic E-state index is 11.7. The Kier molecular flexibility index (Phi) is 2.76. The van der Waals surface area contributed by atoms with E-state index in [4.69, 9.17) is 5.26 Å². The maximum Gasteiger partial charge on any atom is 0.332 e. The van der Waals surface area contributed by atoms with Gasteiger partial charge in [-0.05, 0) is 25.7 Å². The highest BCUT2D eigenvalue weighted by atomic mass is 16.2. The molecule has 1 spiro atoms. The van der Waals surface area contributed by atoms with Gasteiger partial charge in [-0.3, -0.25) is 0 Å². The van der Waals surface area contributed by atoms with Crippen molar-refractivity contribution in [2.24, 2.45) is 5.92 Å². The minimum atomic E-state index is -0.0894. The highest BCUT2D eigenvalue weighted by Gasteiger charge is 2.48. The topological polar surface area (TPSA) is 59.4 Å². The van der Waals surface area contributed by atoms with Gasteiger partial charge in [-0.1, -0.05) is 0 Å². The molecular weight excluding hydrogens is 204 g/mol. The van der Waals surface area contributed by atoms with Gasteiger partial charge < -0.3 is 5.32 Å². The maximum atomic E-state index is 11.7. The van der Waals surface area contributed by atoms with Crippen molar-refractivity contribution < 1.29 is 4.79 Å². The van der Waals surface area contributed by atoms with Crippen LogP contribution < -0.4 is 5.32 Å². The lowest BCUT2D eigenvalue weighted by Crippen LogP contribution is -2.55. The summed E-state index contributed by atoms with van der Waals surface area (Å²) in [7, 11) is 3.78. The van der Waals surface area contributed by atoms with E-state index in [1.807, 2.05) is 24.1 Å². The Morgan fingerprint density at radius 3 is 2.62 bits per heavy atom. The first kappa shape index (κ1) is 11.2. The molecule has 1 aliphatic carbocycles. The van der Waals surface area contributed by atoms with Crippen LogP contribution in [0.4, 0.5) is 4.79 Å². The second-order valence-corrected chi connectivity index (χ2v) is 4.95. The highest BCUT2D eigenvalue weighted by molar-refractivity contribution is 5.77. The molecule has 16 heavy (non-hydrogen) atoms. The molecule has 1 saturated carbocycles. The van der Waals surface area contributed by atoms with Crippen molar-refractivity contribution in [2.75, 3.05) is 20.6 Å². The molecule has 1 N–H and O–H groups in total. The van der Waals surface area contributed by atoms with Gasteiger partial charge in [-0.25, -0.2) is 14.8 Å². The van der Waals surface area contributed by atoms with Crippen LogP contribution >= 0.6 is 0 Å². The summed E-state index contributed by atoms with van der Waals surface area (Å²) in [6.45, 7) is 0.710. The number of nitrogens with zero attached hydrogens (tertiary/aromatic N) is 3. The number of urea groups is 1. The van der Waals surface area contributed by atoms with E-state index < -0.39 is 0 Å². The Morgan fingerprint density at radius 2 is 2.12 bits per heavy atom. The van der Waals surface area contributed by atoms with Gasteiger partial charge in [0, 0.05) is 26.6 Å². The van der Waals surface area contributed by atoms with Crippen molar-refractivity contribution in [3.63, 3.8) is 0 Å². The van der Waals surface area contributed by atoms with E-state index in [2.05, 4.69) is 11.4 Å². The number of amides is 2. The quantitative estimate of drug-likeness (QED) is 0.718. The van der Waals surface area contributed by atoms with Crippen molar-refractivity contribution in [3.05, 3.63) is 0 Å². The van der Waals surface area contributed by atoms with Gasteiger partial charge in [0.15, 0.2) is 0 Å². The number of hydrazine groups is 1. The zero-order valence-corrected chi connectivity index (χ0v) is 9.86. The summed E-state index contributed by atoms with van der Waals surface area (Å²) < 4.78 is 0. The Bertz CT molecular complexity index is 325. The second kappa shape index (κ2) is 3.95. The predicted molar refractivity (Wildman–Crippen MR) is 59.2 cm³/mol. The third kappa shape index (κ3) is 1.63. The molecule has 1 aliphatic heterocycles. The minimum Gasteiger partial charge on any atom is -0.334 e. The number of hydrogen-bond acceptors (Lipinski definition) is 3. The molecule has 0 atom stereocenters. The summed E-state index contributed by atoms with van der Waals surface area (Å²) in [5.74, 6) is 0.172. The molecule has 0 aromatic carbocycles. The molecule has 0 unspecified atom stereocenters. The second-order valence-electron chi connectivity index (χ2n) is 4.95. The summed E-state index contributed by atoms with van der Waals surface area (Å²) in [5.41, 5.74) is -0.0894. The van der Waals surface area contributed by atoms with Gasteiger partial charge in [0.05, 0.1) is 11.6 Å². The summed E-state index contributed by atoms with van der Waals surface area (Å²) in [5, 5.41) is 15.5. The molecular formula is C11H18N4O. The van der Waals surface area contributed by atoms with Crippen LogP contribution in [0.1, 0.15) is 25.7 Å². The van der Waals surface area contributed by atoms with Crippen LogP contribution in [-0.2, 0) is 0 Å². The molecule has 2 rings (SSSR count). The van der Waals surface area contributed by atoms with Crippen LogP contribution in [0, 0.1) is 17.2 Å². The van der Waals surface area contributed by atoms with Gasteiger partial charge in [-0.2, -0.15) is 5.26 Å². The van der Waals surface area contributed by atoms with E-state index in [0.717, 1.165) is 25.7 Å². The van der Waals surface area contributed by atoms with Gasteiger partial charge in [0.1, 0.15) is 0 Å². The van der Waals surface area contributed by atoms with Crippen molar-refractivity contribution >= 4 is 6.03 Å². The molecule has 1 saturated heterocycles. The van der Waals surface area contributed by atoms with Crippen LogP contribution in [0.5, 0.6) is 0 Å². The van der Waals surface area contributed by atoms with E-state index in [1.165, 1.54) is 0 Å². The summed E-state index contributed by atoms with van der Waals surface area (Å²) >= 11 is 0. The lowest BCUT2D eigenvalue weighted by molar-refractivity contribution is -0.0276. The molecule has 2 amide bonds. The third-order valence-electron chi connectivity index (χ3n) is 3.71. The molecule has 2 fully saturated rings. The van der Waals surface area contributed by atoms with Gasteiger partial charge in [0.2, 0.25) is 0 Å². The number of nitrogens with one attached hydrogen (secondary N) is 1. The lowest BCUT2D eigenvalue weighted by Gasteiger charge is -2.43. The Hall–Kier alpha value is -1.28. The average Bonchev–Trinajstić information content (AvgIpc) is 2.57. The summed E-state index contributed by atoms with van der Waals surface area (Å²) in [6, 6.07) is 2.31. The van der Waals surface area contributed by atoms with Crippen LogP contribution in [0.3, 0.4) is 0 Å². The molecule has 0 bridgehead atoms. The molecule has 5 nitrogen and oxygen atoms in total. The fourth-order valence-corrected chi connectivity index (χ4v) is 2.88. The molecule has 2 aliphatic rings. The van der Waals surface area contributed by atoms with Crippen LogP contribution in [0.15, 0.2) is 0 Å². The van der Waals surface area contributed by atoms with Crippen molar-refractivity contribution in [1.29, 1.82) is 5.26 Å². The summed E-state index contributed by atoms with van der Waals surface area (Å²) in [6.07, 6.45) is 3.63. The van der Waals surface area contributed by atoms with E-state index >= 15 is 0 Å². The first-order valence-corrected chi connectivity index (χ1v) is 5.74. The molecule has 0 aromatic rings. The van der Waals surface area contributed by atoms with Gasteiger partial charge in [0.25, 0.3) is 0 Å². The molecule has 0 aromatic heterocycles. The van der Waals surface area contributed by atoms with E-state index in [-0.39, 0.29) is 17.5 Å². The lowest BCUT2D eigenvalue weighted by atomic mass is 9.77. The first-order chi connectivity index (χ1) is 7.59. The first-order valence-electron chi connectivity index (χ1n) is 5.74. The van der Waals surface area contributed by atoms with Crippen LogP contribution in [-0.4, -0.2) is 42.2 Å². The molecule has 0 radical (unpaired) electrons. The number of rotatable bonds is 1. The SMILES string of the molecule is CN(C)N1C(=O)NCC12CCC(C#N)CC2. The fraction of sp³-hybridized carbons (Fsp3) is 0.818. The van der Waals surface area contributed by atoms with Gasteiger partial charge in [-0.15, -0.1) is 0 Å². The van der Waals surface area contributed by atoms with Crippen LogP contribution in [0.25, 0.3) is 0 Å². The van der Waals surface area contributed by atoms with Crippen LogP contribution in [0.2, 0.25) is 0 Å². The van der Waals surface area contributed by atoms with Crippen molar-refractivity contribution in [1.82, 2.24) is 15.3 Å². The van der Waals surface area contributed by atoms with Crippen molar-refractivity contribution in [3.8, 4) is 6.07 Å². The number of carbonyl (C=O) groups excluding carboxylic acids is 1. The molecule has 5 heteroatoms. The average molecular weight is 222 g/mol. The monoisotopic (exact) mass is 222 g/mol. The molecule has 88 valence electrons. The number of hydrogen-bond donors (Lipinski definition) is 1. The Morgan fingerprint density at radius 1 is 1.50 bits per heavy atom. The van der Waals surface area contributed by atoms with E-state index in [9.17, 15) is 4.79 Å². The fourth-order valence-electron chi connectivity index (χ4n) is 2.88. The zero-order chi connectivity index (χ0) is 11.8. The smallest absolute Gasteiger partial charge is 0.332 e. The van der Waals surface area contributed by atoms with Crippen molar-refractivity contribution in [2.45, 2.75) is 31.2 Å². The number of nitriles is 1. The van der Waals surface area contributed by atoms with Gasteiger partial charge >= 0.3 is 6.03 Å². The standard InChI is InChI=1S/C11H18N4O/c1-14(2)15-10(16)13-8-11(15)5-3-9(7-12)4-6-11/h9H,3-6,8H2,1-2H3,(H,13,16). The zero-order valence-electron chi connectivity index (χ0n) is 9.86. The van der Waals surface area contributed by atoms with E-state index in [0.29, 0.717) is 6.54 Å². The van der Waals surface area contributed by atoms with E-state index in [1.54, 1.807) is 0 Å². The largest absolute Gasteiger partial charge is 0.334 e. The molecule has 1 heterocycles.